The van der Waals surface area contributed by atoms with Gasteiger partial charge >= 0.3 is 0 Å². The molecule has 2 N–H and O–H groups in total. The summed E-state index contributed by atoms with van der Waals surface area (Å²) in [5.74, 6) is 0.166. The first-order valence-corrected chi connectivity index (χ1v) is 6.22. The van der Waals surface area contributed by atoms with Gasteiger partial charge in [0.05, 0.1) is 0 Å². The summed E-state index contributed by atoms with van der Waals surface area (Å²) in [7, 11) is 1.77. The maximum atomic E-state index is 12.1. The molecule has 1 rings (SSSR count). The van der Waals surface area contributed by atoms with Crippen LogP contribution >= 0.6 is 0 Å². The van der Waals surface area contributed by atoms with Gasteiger partial charge in [-0.1, -0.05) is 0 Å². The Kier molecular flexibility index (Phi) is 5.65. The van der Waals surface area contributed by atoms with Gasteiger partial charge in [-0.3, -0.25) is 4.79 Å². The van der Waals surface area contributed by atoms with Crippen LogP contribution in [0.2, 0.25) is 0 Å². The summed E-state index contributed by atoms with van der Waals surface area (Å²) in [5.41, 5.74) is 1.30. The normalized spacial score (nSPS) is 10.4. The molecule has 0 saturated carbocycles. The van der Waals surface area contributed by atoms with E-state index < -0.39 is 0 Å². The molecule has 0 fully saturated rings. The minimum absolute atomic E-state index is 0.0397. The van der Waals surface area contributed by atoms with Crippen LogP contribution in [0.15, 0.2) is 18.2 Å². The van der Waals surface area contributed by atoms with Gasteiger partial charge in [0, 0.05) is 25.8 Å². The molecule has 0 saturated heterocycles. The third kappa shape index (κ3) is 4.04. The number of phenolic OH excluding ortho intramolecular Hbond substituents is 1. The molecule has 0 unspecified atom stereocenters. The Morgan fingerprint density at radius 2 is 2.00 bits per heavy atom. The number of aliphatic hydroxyl groups excluding tert-OH is 1. The molecular formula is C14H21NO3. The van der Waals surface area contributed by atoms with E-state index in [2.05, 4.69) is 0 Å². The van der Waals surface area contributed by atoms with Crippen LogP contribution in [0, 0.1) is 6.92 Å². The summed E-state index contributed by atoms with van der Waals surface area (Å²) < 4.78 is 0. The van der Waals surface area contributed by atoms with Crippen LogP contribution in [0.5, 0.6) is 5.75 Å². The Morgan fingerprint density at radius 3 is 2.61 bits per heavy atom. The largest absolute Gasteiger partial charge is 0.508 e. The number of nitrogens with zero attached hydrogens (tertiary/aromatic N) is 1. The van der Waals surface area contributed by atoms with Gasteiger partial charge in [0.2, 0.25) is 0 Å². The predicted octanol–water partition coefficient (Wildman–Crippen LogP) is 1.94. The fourth-order valence-corrected chi connectivity index (χ4v) is 1.75. The maximum absolute atomic E-state index is 12.1. The maximum Gasteiger partial charge on any atom is 0.253 e. The Morgan fingerprint density at radius 1 is 1.28 bits per heavy atom. The molecule has 1 aromatic rings. The molecule has 1 amide bonds. The summed E-state index contributed by atoms with van der Waals surface area (Å²) in [6, 6.07) is 4.87. The second-order valence-electron chi connectivity index (χ2n) is 4.51. The number of aromatic hydroxyl groups is 1. The monoisotopic (exact) mass is 251 g/mol. The Labute approximate surface area is 108 Å². The number of hydrogen-bond donors (Lipinski definition) is 2. The third-order valence-corrected chi connectivity index (χ3v) is 2.94. The van der Waals surface area contributed by atoms with Crippen molar-refractivity contribution in [3.05, 3.63) is 29.3 Å². The lowest BCUT2D eigenvalue weighted by atomic mass is 10.1. The molecule has 100 valence electrons. The molecule has 4 nitrogen and oxygen atoms in total. The van der Waals surface area contributed by atoms with Crippen LogP contribution in [0.1, 0.15) is 35.2 Å². The minimum atomic E-state index is -0.0397. The van der Waals surface area contributed by atoms with Crippen molar-refractivity contribution in [2.75, 3.05) is 20.2 Å². The summed E-state index contributed by atoms with van der Waals surface area (Å²) in [5, 5.41) is 18.1. The minimum Gasteiger partial charge on any atom is -0.508 e. The fourth-order valence-electron chi connectivity index (χ4n) is 1.75. The molecule has 0 bridgehead atoms. The van der Waals surface area contributed by atoms with Crippen molar-refractivity contribution in [3.8, 4) is 5.75 Å². The van der Waals surface area contributed by atoms with Gasteiger partial charge in [0.15, 0.2) is 0 Å². The molecule has 0 aliphatic carbocycles. The highest BCUT2D eigenvalue weighted by Gasteiger charge is 2.12. The summed E-state index contributed by atoms with van der Waals surface area (Å²) in [6.45, 7) is 2.65. The Bertz CT molecular complexity index is 404. The van der Waals surface area contributed by atoms with Crippen molar-refractivity contribution in [2.24, 2.45) is 0 Å². The van der Waals surface area contributed by atoms with Gasteiger partial charge in [0.1, 0.15) is 5.75 Å². The highest BCUT2D eigenvalue weighted by Crippen LogP contribution is 2.17. The highest BCUT2D eigenvalue weighted by molar-refractivity contribution is 5.94. The van der Waals surface area contributed by atoms with Crippen LogP contribution in [-0.2, 0) is 0 Å². The predicted molar refractivity (Wildman–Crippen MR) is 70.7 cm³/mol. The molecular weight excluding hydrogens is 230 g/mol. The number of aliphatic hydroxyl groups is 1. The molecule has 4 heteroatoms. The molecule has 0 spiro atoms. The zero-order chi connectivity index (χ0) is 13.5. The van der Waals surface area contributed by atoms with Crippen LogP contribution in [0.4, 0.5) is 0 Å². The van der Waals surface area contributed by atoms with E-state index in [0.29, 0.717) is 17.7 Å². The number of benzene rings is 1. The van der Waals surface area contributed by atoms with Gasteiger partial charge in [-0.2, -0.15) is 0 Å². The standard InChI is InChI=1S/C14H21NO3/c1-11-10-12(6-7-13(11)17)14(18)15(2)8-4-3-5-9-16/h6-7,10,16-17H,3-5,8-9H2,1-2H3. The quantitative estimate of drug-likeness (QED) is 0.759. The van der Waals surface area contributed by atoms with Crippen molar-refractivity contribution < 1.29 is 15.0 Å². The van der Waals surface area contributed by atoms with E-state index in [4.69, 9.17) is 5.11 Å². The molecule has 0 aliphatic heterocycles. The van der Waals surface area contributed by atoms with Gasteiger partial charge < -0.3 is 15.1 Å². The van der Waals surface area contributed by atoms with Crippen LogP contribution < -0.4 is 0 Å². The van der Waals surface area contributed by atoms with Crippen molar-refractivity contribution in [2.45, 2.75) is 26.2 Å². The van der Waals surface area contributed by atoms with E-state index in [1.54, 1.807) is 37.1 Å². The number of unbranched alkanes of at least 4 members (excludes halogenated alkanes) is 2. The van der Waals surface area contributed by atoms with Crippen LogP contribution in [0.3, 0.4) is 0 Å². The third-order valence-electron chi connectivity index (χ3n) is 2.94. The number of rotatable bonds is 6. The average molecular weight is 251 g/mol. The zero-order valence-corrected chi connectivity index (χ0v) is 11.0. The second kappa shape index (κ2) is 7.01. The summed E-state index contributed by atoms with van der Waals surface area (Å²) >= 11 is 0. The van der Waals surface area contributed by atoms with Gasteiger partial charge in [-0.25, -0.2) is 0 Å². The van der Waals surface area contributed by atoms with Crippen LogP contribution in [0.25, 0.3) is 0 Å². The molecule has 0 radical (unpaired) electrons. The van der Waals surface area contributed by atoms with Gasteiger partial charge in [-0.05, 0) is 49.9 Å². The number of phenols is 1. The van der Waals surface area contributed by atoms with E-state index in [9.17, 15) is 9.90 Å². The van der Waals surface area contributed by atoms with Gasteiger partial charge in [0.25, 0.3) is 5.91 Å². The van der Waals surface area contributed by atoms with Crippen molar-refractivity contribution in [1.82, 2.24) is 4.90 Å². The molecule has 0 heterocycles. The number of aryl methyl sites for hydroxylation is 1. The van der Waals surface area contributed by atoms with Crippen LogP contribution in [-0.4, -0.2) is 41.2 Å². The fraction of sp³-hybridized carbons (Fsp3) is 0.500. The molecule has 0 aromatic heterocycles. The smallest absolute Gasteiger partial charge is 0.253 e. The summed E-state index contributed by atoms with van der Waals surface area (Å²) in [6.07, 6.45) is 2.59. The lowest BCUT2D eigenvalue weighted by Crippen LogP contribution is -2.27. The van der Waals surface area contributed by atoms with E-state index in [-0.39, 0.29) is 18.3 Å². The number of carbonyl (C=O) groups is 1. The van der Waals surface area contributed by atoms with E-state index in [0.717, 1.165) is 19.3 Å². The second-order valence-corrected chi connectivity index (χ2v) is 4.51. The number of amides is 1. The first-order chi connectivity index (χ1) is 8.56. The Hall–Kier alpha value is -1.55. The molecule has 0 aliphatic rings. The lowest BCUT2D eigenvalue weighted by Gasteiger charge is -2.17. The van der Waals surface area contributed by atoms with E-state index in [1.165, 1.54) is 0 Å². The SMILES string of the molecule is Cc1cc(C(=O)N(C)CCCCCO)ccc1O. The first kappa shape index (κ1) is 14.5. The van der Waals surface area contributed by atoms with Crippen molar-refractivity contribution in [1.29, 1.82) is 0 Å². The number of hydrogen-bond acceptors (Lipinski definition) is 3. The van der Waals surface area contributed by atoms with Gasteiger partial charge in [-0.15, -0.1) is 0 Å². The Balaban J connectivity index is 2.54. The van der Waals surface area contributed by atoms with E-state index in [1.807, 2.05) is 0 Å². The molecule has 0 atom stereocenters. The molecule has 1 aromatic carbocycles. The first-order valence-electron chi connectivity index (χ1n) is 6.22. The average Bonchev–Trinajstić information content (AvgIpc) is 2.37. The highest BCUT2D eigenvalue weighted by atomic mass is 16.3. The van der Waals surface area contributed by atoms with E-state index >= 15 is 0 Å². The van der Waals surface area contributed by atoms with Crippen molar-refractivity contribution >= 4 is 5.91 Å². The molecule has 18 heavy (non-hydrogen) atoms. The zero-order valence-electron chi connectivity index (χ0n) is 11.0. The number of carbonyl (C=O) groups excluding carboxylic acids is 1. The topological polar surface area (TPSA) is 60.8 Å². The van der Waals surface area contributed by atoms with Crippen molar-refractivity contribution in [3.63, 3.8) is 0 Å². The lowest BCUT2D eigenvalue weighted by molar-refractivity contribution is 0.0792. The summed E-state index contributed by atoms with van der Waals surface area (Å²) in [4.78, 5) is 13.7.